The van der Waals surface area contributed by atoms with Gasteiger partial charge in [-0.25, -0.2) is 8.78 Å². The lowest BCUT2D eigenvalue weighted by Crippen LogP contribution is -2.13. The molecule has 2 rings (SSSR count). The summed E-state index contributed by atoms with van der Waals surface area (Å²) in [6.45, 7) is 0. The second-order valence-corrected chi connectivity index (χ2v) is 4.84. The highest BCUT2D eigenvalue weighted by atomic mass is 79.9. The third-order valence-electron chi connectivity index (χ3n) is 2.59. The zero-order valence-electron chi connectivity index (χ0n) is 10.4. The highest BCUT2D eigenvalue weighted by Gasteiger charge is 2.12. The minimum Gasteiger partial charge on any atom is -0.495 e. The van der Waals surface area contributed by atoms with Crippen molar-refractivity contribution in [3.8, 4) is 5.75 Å². The van der Waals surface area contributed by atoms with Crippen molar-refractivity contribution in [1.82, 2.24) is 0 Å². The normalized spacial score (nSPS) is 10.2. The lowest BCUT2D eigenvalue weighted by Gasteiger charge is -2.10. The number of carbonyl (C=O) groups excluding carboxylic acids is 1. The predicted octanol–water partition coefficient (Wildman–Crippen LogP) is 3.99. The van der Waals surface area contributed by atoms with E-state index in [1.807, 2.05) is 0 Å². The Bertz CT molecular complexity index is 662. The molecular formula is C14H10BrF2NO2. The van der Waals surface area contributed by atoms with E-state index in [1.165, 1.54) is 13.2 Å². The molecule has 0 aromatic heterocycles. The van der Waals surface area contributed by atoms with E-state index in [0.717, 1.165) is 16.6 Å². The molecule has 0 unspecified atom stereocenters. The Labute approximate surface area is 122 Å². The largest absolute Gasteiger partial charge is 0.495 e. The van der Waals surface area contributed by atoms with Gasteiger partial charge in [-0.15, -0.1) is 0 Å². The Morgan fingerprint density at radius 1 is 1.15 bits per heavy atom. The molecule has 0 saturated heterocycles. The first kappa shape index (κ1) is 14.5. The first-order chi connectivity index (χ1) is 9.51. The van der Waals surface area contributed by atoms with Crippen molar-refractivity contribution in [2.75, 3.05) is 12.4 Å². The van der Waals surface area contributed by atoms with Gasteiger partial charge in [0.2, 0.25) is 0 Å². The lowest BCUT2D eigenvalue weighted by atomic mass is 10.2. The highest BCUT2D eigenvalue weighted by molar-refractivity contribution is 9.10. The molecule has 3 nitrogen and oxygen atoms in total. The Balaban J connectivity index is 2.27. The number of anilines is 1. The first-order valence-electron chi connectivity index (χ1n) is 5.61. The van der Waals surface area contributed by atoms with Gasteiger partial charge >= 0.3 is 0 Å². The number of carbonyl (C=O) groups is 1. The van der Waals surface area contributed by atoms with Gasteiger partial charge in [-0.2, -0.15) is 0 Å². The van der Waals surface area contributed by atoms with Gasteiger partial charge in [-0.1, -0.05) is 15.9 Å². The number of halogens is 3. The van der Waals surface area contributed by atoms with Gasteiger partial charge in [0.25, 0.3) is 5.91 Å². The van der Waals surface area contributed by atoms with Crippen LogP contribution in [0.4, 0.5) is 14.5 Å². The van der Waals surface area contributed by atoms with Crippen LogP contribution in [-0.4, -0.2) is 13.0 Å². The fourth-order valence-corrected chi connectivity index (χ4v) is 1.97. The van der Waals surface area contributed by atoms with Crippen LogP contribution in [0.2, 0.25) is 0 Å². The van der Waals surface area contributed by atoms with Crippen molar-refractivity contribution < 1.29 is 18.3 Å². The molecule has 0 aliphatic rings. The van der Waals surface area contributed by atoms with E-state index >= 15 is 0 Å². The van der Waals surface area contributed by atoms with Gasteiger partial charge in [-0.3, -0.25) is 4.79 Å². The molecule has 0 aliphatic carbocycles. The van der Waals surface area contributed by atoms with Crippen molar-refractivity contribution >= 4 is 27.5 Å². The molecule has 1 amide bonds. The van der Waals surface area contributed by atoms with Crippen LogP contribution >= 0.6 is 15.9 Å². The minimum absolute atomic E-state index is 0.0194. The van der Waals surface area contributed by atoms with Crippen LogP contribution in [-0.2, 0) is 0 Å². The molecule has 0 heterocycles. The summed E-state index contributed by atoms with van der Waals surface area (Å²) in [5.41, 5.74) is 0.447. The topological polar surface area (TPSA) is 38.3 Å². The van der Waals surface area contributed by atoms with E-state index in [0.29, 0.717) is 11.4 Å². The maximum Gasteiger partial charge on any atom is 0.255 e. The van der Waals surface area contributed by atoms with Crippen molar-refractivity contribution in [2.24, 2.45) is 0 Å². The van der Waals surface area contributed by atoms with Crippen LogP contribution in [0.1, 0.15) is 10.4 Å². The van der Waals surface area contributed by atoms with E-state index in [1.54, 1.807) is 18.2 Å². The zero-order valence-corrected chi connectivity index (χ0v) is 12.0. The SMILES string of the molecule is COc1ccc(Br)cc1NC(=O)c1ccc(F)c(F)c1. The quantitative estimate of drug-likeness (QED) is 0.916. The highest BCUT2D eigenvalue weighted by Crippen LogP contribution is 2.28. The van der Waals surface area contributed by atoms with E-state index in [9.17, 15) is 13.6 Å². The van der Waals surface area contributed by atoms with Crippen molar-refractivity contribution in [3.63, 3.8) is 0 Å². The minimum atomic E-state index is -1.07. The monoisotopic (exact) mass is 341 g/mol. The van der Waals surface area contributed by atoms with Crippen LogP contribution in [0.5, 0.6) is 5.75 Å². The molecule has 0 fully saturated rings. The molecule has 1 N–H and O–H groups in total. The van der Waals surface area contributed by atoms with Crippen LogP contribution in [0.25, 0.3) is 0 Å². The second-order valence-electron chi connectivity index (χ2n) is 3.93. The summed E-state index contributed by atoms with van der Waals surface area (Å²) in [6.07, 6.45) is 0. The molecule has 0 spiro atoms. The number of methoxy groups -OCH3 is 1. The molecular weight excluding hydrogens is 332 g/mol. The van der Waals surface area contributed by atoms with Crippen molar-refractivity contribution in [2.45, 2.75) is 0 Å². The van der Waals surface area contributed by atoms with Gasteiger partial charge in [0.15, 0.2) is 11.6 Å². The van der Waals surface area contributed by atoms with E-state index in [2.05, 4.69) is 21.2 Å². The van der Waals surface area contributed by atoms with Gasteiger partial charge in [0.1, 0.15) is 5.75 Å². The summed E-state index contributed by atoms with van der Waals surface area (Å²) >= 11 is 3.28. The number of amides is 1. The Hall–Kier alpha value is -1.95. The Morgan fingerprint density at radius 2 is 1.90 bits per heavy atom. The number of ether oxygens (including phenoxy) is 1. The molecule has 0 aliphatic heterocycles. The predicted molar refractivity (Wildman–Crippen MR) is 75.0 cm³/mol. The molecule has 0 atom stereocenters. The summed E-state index contributed by atoms with van der Waals surface area (Å²) < 4.78 is 31.8. The number of nitrogens with one attached hydrogen (secondary N) is 1. The zero-order chi connectivity index (χ0) is 14.7. The summed E-state index contributed by atoms with van der Waals surface area (Å²) in [7, 11) is 1.47. The Kier molecular flexibility index (Phi) is 4.34. The van der Waals surface area contributed by atoms with E-state index < -0.39 is 17.5 Å². The first-order valence-corrected chi connectivity index (χ1v) is 6.40. The number of rotatable bonds is 3. The van der Waals surface area contributed by atoms with Gasteiger partial charge < -0.3 is 10.1 Å². The molecule has 0 bridgehead atoms. The number of hydrogen-bond donors (Lipinski definition) is 1. The average molecular weight is 342 g/mol. The maximum absolute atomic E-state index is 13.1. The standard InChI is InChI=1S/C14H10BrF2NO2/c1-20-13-5-3-9(15)7-12(13)18-14(19)8-2-4-10(16)11(17)6-8/h2-7H,1H3,(H,18,19). The maximum atomic E-state index is 13.1. The van der Waals surface area contributed by atoms with Crippen molar-refractivity contribution in [3.05, 3.63) is 58.1 Å². The van der Waals surface area contributed by atoms with E-state index in [-0.39, 0.29) is 5.56 Å². The number of benzene rings is 2. The average Bonchev–Trinajstić information content (AvgIpc) is 2.42. The molecule has 0 radical (unpaired) electrons. The summed E-state index contributed by atoms with van der Waals surface area (Å²) in [5.74, 6) is -2.16. The fraction of sp³-hybridized carbons (Fsp3) is 0.0714. The van der Waals surface area contributed by atoms with Gasteiger partial charge in [-0.05, 0) is 36.4 Å². The molecule has 2 aromatic rings. The molecule has 2 aromatic carbocycles. The van der Waals surface area contributed by atoms with E-state index in [4.69, 9.17) is 4.74 Å². The molecule has 6 heteroatoms. The lowest BCUT2D eigenvalue weighted by molar-refractivity contribution is 0.102. The molecule has 20 heavy (non-hydrogen) atoms. The summed E-state index contributed by atoms with van der Waals surface area (Å²) in [4.78, 5) is 12.0. The molecule has 104 valence electrons. The molecule has 0 saturated carbocycles. The Morgan fingerprint density at radius 3 is 2.55 bits per heavy atom. The van der Waals surface area contributed by atoms with Crippen molar-refractivity contribution in [1.29, 1.82) is 0 Å². The summed E-state index contributed by atoms with van der Waals surface area (Å²) in [6, 6.07) is 8.03. The van der Waals surface area contributed by atoms with Crippen LogP contribution < -0.4 is 10.1 Å². The number of hydrogen-bond acceptors (Lipinski definition) is 2. The van der Waals surface area contributed by atoms with Crippen LogP contribution in [0, 0.1) is 11.6 Å². The second kappa shape index (κ2) is 6.00. The van der Waals surface area contributed by atoms with Gasteiger partial charge in [0.05, 0.1) is 12.8 Å². The smallest absolute Gasteiger partial charge is 0.255 e. The third-order valence-corrected chi connectivity index (χ3v) is 3.08. The third kappa shape index (κ3) is 3.14. The van der Waals surface area contributed by atoms with Gasteiger partial charge in [0, 0.05) is 10.0 Å². The summed E-state index contributed by atoms with van der Waals surface area (Å²) in [5, 5.41) is 2.58. The van der Waals surface area contributed by atoms with Crippen LogP contribution in [0.3, 0.4) is 0 Å². The van der Waals surface area contributed by atoms with Crippen LogP contribution in [0.15, 0.2) is 40.9 Å². The fourth-order valence-electron chi connectivity index (χ4n) is 1.61.